The number of aliphatic carboxylic acids is 1. The van der Waals surface area contributed by atoms with Crippen molar-refractivity contribution in [2.75, 3.05) is 24.7 Å². The van der Waals surface area contributed by atoms with Crippen molar-refractivity contribution < 1.29 is 37.4 Å². The molecule has 0 fully saturated rings. The SMILES string of the molecule is CS(=O)(=O)O.Cc1ccnc(NCCCC(=O)NCC(=O)NC(CC(=O)O)c2cccc([N+](=O)[O-])c2)c1. The number of hydrogen-bond donors (Lipinski definition) is 5. The molecule has 1 unspecified atom stereocenters. The summed E-state index contributed by atoms with van der Waals surface area (Å²) >= 11 is 0. The van der Waals surface area contributed by atoms with Crippen LogP contribution in [0.25, 0.3) is 0 Å². The normalized spacial score (nSPS) is 11.3. The highest BCUT2D eigenvalue weighted by Crippen LogP contribution is 2.21. The minimum atomic E-state index is -3.67. The van der Waals surface area contributed by atoms with Crippen LogP contribution < -0.4 is 16.0 Å². The van der Waals surface area contributed by atoms with Gasteiger partial charge in [0.2, 0.25) is 11.8 Å². The molecular formula is C22H29N5O9S. The maximum absolute atomic E-state index is 12.2. The van der Waals surface area contributed by atoms with Crippen LogP contribution in [-0.4, -0.2) is 65.1 Å². The van der Waals surface area contributed by atoms with E-state index in [4.69, 9.17) is 9.66 Å². The van der Waals surface area contributed by atoms with E-state index in [0.29, 0.717) is 19.2 Å². The maximum Gasteiger partial charge on any atom is 0.305 e. The number of pyridine rings is 1. The molecule has 1 aromatic heterocycles. The molecule has 37 heavy (non-hydrogen) atoms. The van der Waals surface area contributed by atoms with Crippen molar-refractivity contribution in [3.63, 3.8) is 0 Å². The molecule has 5 N–H and O–H groups in total. The number of amides is 2. The van der Waals surface area contributed by atoms with Crippen LogP contribution in [-0.2, 0) is 24.5 Å². The summed E-state index contributed by atoms with van der Waals surface area (Å²) in [7, 11) is -3.67. The zero-order chi connectivity index (χ0) is 28.0. The Balaban J connectivity index is 0.00000124. The predicted octanol–water partition coefficient (Wildman–Crippen LogP) is 1.44. The zero-order valence-corrected chi connectivity index (χ0v) is 21.0. The fourth-order valence-corrected chi connectivity index (χ4v) is 2.89. The summed E-state index contributed by atoms with van der Waals surface area (Å²) in [5.41, 5.74) is 1.14. The average Bonchev–Trinajstić information content (AvgIpc) is 2.79. The Kier molecular flexibility index (Phi) is 12.6. The van der Waals surface area contributed by atoms with E-state index in [2.05, 4.69) is 20.9 Å². The third kappa shape index (κ3) is 14.8. The Morgan fingerprint density at radius 2 is 1.84 bits per heavy atom. The molecule has 0 aliphatic rings. The molecule has 0 saturated carbocycles. The number of benzene rings is 1. The van der Waals surface area contributed by atoms with Gasteiger partial charge < -0.3 is 21.1 Å². The predicted molar refractivity (Wildman–Crippen MR) is 133 cm³/mol. The lowest BCUT2D eigenvalue weighted by Crippen LogP contribution is -2.39. The van der Waals surface area contributed by atoms with Gasteiger partial charge in [-0.05, 0) is 36.6 Å². The second-order valence-electron chi connectivity index (χ2n) is 7.83. The molecule has 1 aromatic carbocycles. The standard InChI is InChI=1S/C21H25N5O6.CH4O3S/c1-14-7-9-23-18(10-14)22-8-3-6-19(27)24-13-20(28)25-17(12-21(29)30)15-4-2-5-16(11-15)26(31)32;1-5(2,3)4/h2,4-5,7,9-11,17H,3,6,8,12-13H2,1H3,(H,22,23)(H,24,27)(H,25,28)(H,29,30);1H3,(H,2,3,4). The summed E-state index contributed by atoms with van der Waals surface area (Å²) in [5, 5.41) is 28.1. The number of nitrogens with one attached hydrogen (secondary N) is 3. The number of aromatic nitrogens is 1. The van der Waals surface area contributed by atoms with E-state index >= 15 is 0 Å². The molecule has 0 bridgehead atoms. The van der Waals surface area contributed by atoms with Gasteiger partial charge in [-0.25, -0.2) is 4.98 Å². The molecule has 2 rings (SSSR count). The lowest BCUT2D eigenvalue weighted by Gasteiger charge is -2.17. The minimum absolute atomic E-state index is 0.190. The number of nitro benzene ring substituents is 1. The summed E-state index contributed by atoms with van der Waals surface area (Å²) in [6.07, 6.45) is 2.66. The number of carbonyl (C=O) groups excluding carboxylic acids is 2. The Labute approximate surface area is 213 Å². The van der Waals surface area contributed by atoms with Crippen LogP contribution >= 0.6 is 0 Å². The lowest BCUT2D eigenvalue weighted by atomic mass is 10.0. The third-order valence-corrected chi connectivity index (χ3v) is 4.45. The van der Waals surface area contributed by atoms with E-state index in [0.717, 1.165) is 11.4 Å². The highest BCUT2D eigenvalue weighted by atomic mass is 32.2. The Hall–Kier alpha value is -4.11. The molecular weight excluding hydrogens is 510 g/mol. The number of nitro groups is 1. The van der Waals surface area contributed by atoms with Gasteiger partial charge in [-0.2, -0.15) is 8.42 Å². The third-order valence-electron chi connectivity index (χ3n) is 4.45. The Morgan fingerprint density at radius 3 is 2.43 bits per heavy atom. The molecule has 15 heteroatoms. The first-order valence-electron chi connectivity index (χ1n) is 10.9. The van der Waals surface area contributed by atoms with Crippen LogP contribution in [0.15, 0.2) is 42.6 Å². The monoisotopic (exact) mass is 539 g/mol. The number of carbonyl (C=O) groups is 3. The molecule has 2 amide bonds. The summed E-state index contributed by atoms with van der Waals surface area (Å²) in [6.45, 7) is 2.14. The fourth-order valence-electron chi connectivity index (χ4n) is 2.89. The first kappa shape index (κ1) is 30.9. The molecule has 0 saturated heterocycles. The van der Waals surface area contributed by atoms with Crippen molar-refractivity contribution in [1.29, 1.82) is 0 Å². The number of carboxylic acids is 1. The number of aryl methyl sites for hydroxylation is 1. The first-order chi connectivity index (χ1) is 17.2. The second kappa shape index (κ2) is 15.1. The van der Waals surface area contributed by atoms with Crippen LogP contribution in [0, 0.1) is 17.0 Å². The first-order valence-corrected chi connectivity index (χ1v) is 12.7. The van der Waals surface area contributed by atoms with E-state index in [9.17, 15) is 32.9 Å². The molecule has 14 nitrogen and oxygen atoms in total. The Bertz CT molecular complexity index is 1200. The fraction of sp³-hybridized carbons (Fsp3) is 0.364. The van der Waals surface area contributed by atoms with E-state index in [1.807, 2.05) is 19.1 Å². The molecule has 2 aromatic rings. The van der Waals surface area contributed by atoms with Crippen molar-refractivity contribution in [3.8, 4) is 0 Å². The summed E-state index contributed by atoms with van der Waals surface area (Å²) in [5.74, 6) is -1.39. The topological polar surface area (TPSA) is 218 Å². The smallest absolute Gasteiger partial charge is 0.305 e. The molecule has 1 atom stereocenters. The second-order valence-corrected chi connectivity index (χ2v) is 9.29. The van der Waals surface area contributed by atoms with Gasteiger partial charge in [0.15, 0.2) is 0 Å². The van der Waals surface area contributed by atoms with Crippen molar-refractivity contribution in [1.82, 2.24) is 15.6 Å². The van der Waals surface area contributed by atoms with Crippen LogP contribution in [0.5, 0.6) is 0 Å². The van der Waals surface area contributed by atoms with Gasteiger partial charge in [0.1, 0.15) is 5.82 Å². The molecule has 1 heterocycles. The molecule has 202 valence electrons. The largest absolute Gasteiger partial charge is 0.481 e. The van der Waals surface area contributed by atoms with Gasteiger partial charge in [0, 0.05) is 31.3 Å². The molecule has 0 spiro atoms. The molecule has 0 radical (unpaired) electrons. The van der Waals surface area contributed by atoms with Crippen LogP contribution in [0.1, 0.15) is 36.4 Å². The van der Waals surface area contributed by atoms with Gasteiger partial charge >= 0.3 is 5.97 Å². The van der Waals surface area contributed by atoms with E-state index in [-0.39, 0.29) is 30.1 Å². The zero-order valence-electron chi connectivity index (χ0n) is 20.2. The van der Waals surface area contributed by atoms with Crippen molar-refractivity contribution in [3.05, 3.63) is 63.8 Å². The van der Waals surface area contributed by atoms with Crippen molar-refractivity contribution >= 4 is 39.4 Å². The maximum atomic E-state index is 12.2. The van der Waals surface area contributed by atoms with Crippen LogP contribution in [0.4, 0.5) is 11.5 Å². The van der Waals surface area contributed by atoms with Gasteiger partial charge in [-0.1, -0.05) is 12.1 Å². The van der Waals surface area contributed by atoms with Crippen LogP contribution in [0.3, 0.4) is 0 Å². The number of carboxylic acid groups (broad SMARTS) is 1. The number of nitrogens with zero attached hydrogens (tertiary/aromatic N) is 2. The minimum Gasteiger partial charge on any atom is -0.481 e. The Morgan fingerprint density at radius 1 is 1.16 bits per heavy atom. The van der Waals surface area contributed by atoms with Gasteiger partial charge in [0.05, 0.1) is 30.2 Å². The van der Waals surface area contributed by atoms with Gasteiger partial charge in [-0.3, -0.25) is 29.1 Å². The highest BCUT2D eigenvalue weighted by molar-refractivity contribution is 7.85. The summed E-state index contributed by atoms with van der Waals surface area (Å²) in [4.78, 5) is 49.8. The van der Waals surface area contributed by atoms with Crippen molar-refractivity contribution in [2.24, 2.45) is 0 Å². The summed E-state index contributed by atoms with van der Waals surface area (Å²) < 4.78 is 25.9. The van der Waals surface area contributed by atoms with Crippen LogP contribution in [0.2, 0.25) is 0 Å². The number of hydrogen-bond acceptors (Lipinski definition) is 9. The number of rotatable bonds is 12. The number of non-ortho nitro benzene ring substituents is 1. The van der Waals surface area contributed by atoms with Gasteiger partial charge in [-0.15, -0.1) is 0 Å². The highest BCUT2D eigenvalue weighted by Gasteiger charge is 2.20. The van der Waals surface area contributed by atoms with E-state index < -0.39 is 39.4 Å². The lowest BCUT2D eigenvalue weighted by molar-refractivity contribution is -0.384. The summed E-state index contributed by atoms with van der Waals surface area (Å²) in [6, 6.07) is 8.19. The van der Waals surface area contributed by atoms with Crippen molar-refractivity contribution in [2.45, 2.75) is 32.2 Å². The van der Waals surface area contributed by atoms with E-state index in [1.165, 1.54) is 24.3 Å². The molecule has 0 aliphatic heterocycles. The number of anilines is 1. The molecule has 0 aliphatic carbocycles. The quantitative estimate of drug-likeness (QED) is 0.112. The van der Waals surface area contributed by atoms with Gasteiger partial charge in [0.25, 0.3) is 15.8 Å². The average molecular weight is 540 g/mol. The van der Waals surface area contributed by atoms with E-state index in [1.54, 1.807) is 6.20 Å².